The van der Waals surface area contributed by atoms with Crippen molar-refractivity contribution in [2.24, 2.45) is 0 Å². The van der Waals surface area contributed by atoms with Gasteiger partial charge in [-0.3, -0.25) is 0 Å². The van der Waals surface area contributed by atoms with Crippen LogP contribution in [0.5, 0.6) is 0 Å². The number of methoxy groups -OCH3 is 4. The fraction of sp³-hybridized carbons (Fsp3) is 0.600. The molecule has 0 spiro atoms. The first-order valence-electron chi connectivity index (χ1n) is 6.11. The van der Waals surface area contributed by atoms with E-state index >= 15 is 0 Å². The van der Waals surface area contributed by atoms with E-state index < -0.39 is 0 Å². The summed E-state index contributed by atoms with van der Waals surface area (Å²) in [7, 11) is 6.61. The summed E-state index contributed by atoms with van der Waals surface area (Å²) in [6.07, 6.45) is 0. The molecule has 0 atom stereocenters. The maximum Gasteiger partial charge on any atom is 2.00 e. The van der Waals surface area contributed by atoms with Crippen LogP contribution in [0.15, 0.2) is 24.3 Å². The first-order valence-corrected chi connectivity index (χ1v) is 6.11. The van der Waals surface area contributed by atoms with Crippen molar-refractivity contribution in [3.05, 3.63) is 35.9 Å². The first kappa shape index (κ1) is 29.3. The van der Waals surface area contributed by atoms with Gasteiger partial charge >= 0.3 is 23.1 Å². The normalized spacial score (nSPS) is 8.05. The summed E-state index contributed by atoms with van der Waals surface area (Å²) in [6, 6.07) is 10.8. The second-order valence-electron chi connectivity index (χ2n) is 3.55. The molecule has 0 radical (unpaired) electrons. The summed E-state index contributed by atoms with van der Waals surface area (Å²) in [5.74, 6) is 0. The molecular formula is C15H27BrMgO4. The molecule has 21 heavy (non-hydrogen) atoms. The summed E-state index contributed by atoms with van der Waals surface area (Å²) in [5, 5.41) is 0. The number of benzene rings is 1. The zero-order valence-corrected chi connectivity index (χ0v) is 16.9. The van der Waals surface area contributed by atoms with Gasteiger partial charge in [-0.25, -0.2) is 0 Å². The van der Waals surface area contributed by atoms with Crippen LogP contribution in [0, 0.1) is 13.0 Å². The third kappa shape index (κ3) is 33.2. The average Bonchev–Trinajstić information content (AvgIpc) is 2.45. The Morgan fingerprint density at radius 3 is 1.38 bits per heavy atom. The van der Waals surface area contributed by atoms with Crippen molar-refractivity contribution in [1.82, 2.24) is 0 Å². The van der Waals surface area contributed by atoms with Gasteiger partial charge in [0, 0.05) is 28.4 Å². The standard InChI is InChI=1S/C7H7.2C4H10O2.BrH.Mg/c1-7-5-3-2-4-6-7;2*1-5-3-4-6-2;;/h2-3,5-6H,1H3;2*3-4H2,1-2H3;1H;/q-1;;;;+2/p-1. The van der Waals surface area contributed by atoms with Crippen LogP contribution in [0.1, 0.15) is 5.56 Å². The monoisotopic (exact) mass is 374 g/mol. The van der Waals surface area contributed by atoms with Gasteiger partial charge in [0.1, 0.15) is 0 Å². The maximum absolute atomic E-state index is 4.66. The number of rotatable bonds is 6. The molecule has 0 aliphatic rings. The second kappa shape index (κ2) is 28.5. The summed E-state index contributed by atoms with van der Waals surface area (Å²) in [6.45, 7) is 4.82. The molecule has 0 bridgehead atoms. The molecule has 4 nitrogen and oxygen atoms in total. The average molecular weight is 376 g/mol. The van der Waals surface area contributed by atoms with Crippen molar-refractivity contribution >= 4 is 23.1 Å². The molecule has 0 heterocycles. The van der Waals surface area contributed by atoms with Gasteiger partial charge in [-0.1, -0.05) is 6.92 Å². The number of hydrogen-bond donors (Lipinski definition) is 0. The van der Waals surface area contributed by atoms with Crippen molar-refractivity contribution in [1.29, 1.82) is 0 Å². The molecule has 1 aromatic carbocycles. The van der Waals surface area contributed by atoms with Crippen LogP contribution in [0.2, 0.25) is 0 Å². The van der Waals surface area contributed by atoms with Crippen LogP contribution in [-0.2, 0) is 18.9 Å². The summed E-state index contributed by atoms with van der Waals surface area (Å²) in [4.78, 5) is 0. The molecular weight excluding hydrogens is 348 g/mol. The Morgan fingerprint density at radius 2 is 1.24 bits per heavy atom. The summed E-state index contributed by atoms with van der Waals surface area (Å²) < 4.78 is 18.6. The third-order valence-corrected chi connectivity index (χ3v) is 1.85. The fourth-order valence-electron chi connectivity index (χ4n) is 0.816. The van der Waals surface area contributed by atoms with Crippen molar-refractivity contribution < 1.29 is 35.9 Å². The van der Waals surface area contributed by atoms with E-state index in [1.807, 2.05) is 18.2 Å². The Morgan fingerprint density at radius 1 is 0.857 bits per heavy atom. The van der Waals surface area contributed by atoms with E-state index in [2.05, 4.69) is 38.0 Å². The van der Waals surface area contributed by atoms with Gasteiger partial charge in [0.25, 0.3) is 0 Å². The Balaban J connectivity index is -0.0000000992. The zero-order valence-electron chi connectivity index (χ0n) is 13.9. The van der Waals surface area contributed by atoms with E-state index in [0.29, 0.717) is 26.4 Å². The van der Waals surface area contributed by atoms with Crippen molar-refractivity contribution in [3.63, 3.8) is 0 Å². The van der Waals surface area contributed by atoms with E-state index in [1.54, 1.807) is 28.4 Å². The molecule has 0 aromatic heterocycles. The van der Waals surface area contributed by atoms with E-state index in [1.165, 1.54) is 5.56 Å². The van der Waals surface area contributed by atoms with Crippen molar-refractivity contribution in [2.75, 3.05) is 54.9 Å². The zero-order chi connectivity index (χ0) is 14.8. The number of aryl methyl sites for hydroxylation is 1. The minimum absolute atomic E-state index is 0. The van der Waals surface area contributed by atoms with Gasteiger partial charge in [0.2, 0.25) is 0 Å². The minimum Gasteiger partial charge on any atom is -1.00 e. The molecule has 0 N–H and O–H groups in total. The fourth-order valence-corrected chi connectivity index (χ4v) is 0.816. The van der Waals surface area contributed by atoms with E-state index in [-0.39, 0.29) is 40.0 Å². The molecule has 0 unspecified atom stereocenters. The van der Waals surface area contributed by atoms with Crippen molar-refractivity contribution in [2.45, 2.75) is 6.92 Å². The molecule has 6 heteroatoms. The van der Waals surface area contributed by atoms with Crippen LogP contribution in [0.3, 0.4) is 0 Å². The SMILES string of the molecule is COCCOC.COCCOC.Cc1c[c-]ccc1.[Br-].[Mg+2]. The molecule has 0 amide bonds. The molecule has 0 aliphatic carbocycles. The molecule has 1 aromatic rings. The van der Waals surface area contributed by atoms with Gasteiger partial charge in [-0.05, 0) is 0 Å². The van der Waals surface area contributed by atoms with Gasteiger partial charge in [0.15, 0.2) is 0 Å². The molecule has 0 saturated carbocycles. The van der Waals surface area contributed by atoms with Crippen LogP contribution in [0.25, 0.3) is 0 Å². The molecule has 0 fully saturated rings. The van der Waals surface area contributed by atoms with Gasteiger partial charge < -0.3 is 35.9 Å². The minimum atomic E-state index is 0. The molecule has 1 rings (SSSR count). The van der Waals surface area contributed by atoms with Crippen LogP contribution < -0.4 is 17.0 Å². The Kier molecular flexibility index (Phi) is 39.8. The van der Waals surface area contributed by atoms with Gasteiger partial charge in [0.05, 0.1) is 26.4 Å². The van der Waals surface area contributed by atoms with Crippen LogP contribution >= 0.6 is 0 Å². The van der Waals surface area contributed by atoms with E-state index in [9.17, 15) is 0 Å². The Labute approximate surface area is 156 Å². The Bertz CT molecular complexity index is 235. The number of ether oxygens (including phenoxy) is 4. The van der Waals surface area contributed by atoms with Gasteiger partial charge in [-0.2, -0.15) is 35.9 Å². The molecule has 120 valence electrons. The quantitative estimate of drug-likeness (QED) is 0.362. The smallest absolute Gasteiger partial charge is 1.00 e. The number of halogens is 1. The summed E-state index contributed by atoms with van der Waals surface area (Å²) >= 11 is 0. The maximum atomic E-state index is 4.66. The third-order valence-electron chi connectivity index (χ3n) is 1.85. The first-order chi connectivity index (χ1) is 9.22. The summed E-state index contributed by atoms with van der Waals surface area (Å²) in [5.41, 5.74) is 1.27. The Hall–Kier alpha value is 0.306. The van der Waals surface area contributed by atoms with Crippen molar-refractivity contribution in [3.8, 4) is 0 Å². The predicted molar refractivity (Wildman–Crippen MR) is 83.3 cm³/mol. The van der Waals surface area contributed by atoms with Gasteiger partial charge in [-0.15, -0.1) is 0 Å². The molecule has 0 aliphatic heterocycles. The van der Waals surface area contributed by atoms with Crippen LogP contribution in [0.4, 0.5) is 0 Å². The number of hydrogen-bond acceptors (Lipinski definition) is 4. The largest absolute Gasteiger partial charge is 2.00 e. The predicted octanol–water partition coefficient (Wildman–Crippen LogP) is -1.02. The molecule has 0 saturated heterocycles. The van der Waals surface area contributed by atoms with E-state index in [0.717, 1.165) is 0 Å². The van der Waals surface area contributed by atoms with E-state index in [4.69, 9.17) is 0 Å². The second-order valence-corrected chi connectivity index (χ2v) is 3.55. The topological polar surface area (TPSA) is 36.9 Å². The van der Waals surface area contributed by atoms with Crippen LogP contribution in [-0.4, -0.2) is 77.9 Å².